The molecule has 0 bridgehead atoms. The molecule has 1 rings (SSSR count). The van der Waals surface area contributed by atoms with Gasteiger partial charge in [-0.25, -0.2) is 4.79 Å². The molecule has 0 radical (unpaired) electrons. The van der Waals surface area contributed by atoms with Gasteiger partial charge in [0.1, 0.15) is 6.10 Å². The van der Waals surface area contributed by atoms with Crippen LogP contribution in [-0.4, -0.2) is 40.3 Å². The minimum Gasteiger partial charge on any atom is -0.479 e. The van der Waals surface area contributed by atoms with E-state index in [2.05, 4.69) is 0 Å². The molecule has 5 nitrogen and oxygen atoms in total. The van der Waals surface area contributed by atoms with Crippen LogP contribution in [0.3, 0.4) is 0 Å². The minimum atomic E-state index is -1.90. The Bertz CT molecular complexity index is 221. The molecule has 0 aromatic heterocycles. The Morgan fingerprint density at radius 1 is 1.62 bits per heavy atom. The van der Waals surface area contributed by atoms with Crippen molar-refractivity contribution in [2.75, 3.05) is 6.61 Å². The Labute approximate surface area is 76.3 Å². The van der Waals surface area contributed by atoms with Gasteiger partial charge in [-0.3, -0.25) is 0 Å². The van der Waals surface area contributed by atoms with Gasteiger partial charge in [0, 0.05) is 0 Å². The zero-order valence-electron chi connectivity index (χ0n) is 7.90. The zero-order chi connectivity index (χ0) is 10.3. The minimum absolute atomic E-state index is 0.0896. The normalized spacial score (nSPS) is 31.2. The van der Waals surface area contributed by atoms with Crippen LogP contribution in [-0.2, 0) is 14.3 Å². The van der Waals surface area contributed by atoms with Gasteiger partial charge in [-0.15, -0.1) is 0 Å². The number of carbonyl (C=O) groups is 1. The molecule has 2 atom stereocenters. The lowest BCUT2D eigenvalue weighted by Gasteiger charge is -2.25. The van der Waals surface area contributed by atoms with Gasteiger partial charge in [0.2, 0.25) is 0 Å². The van der Waals surface area contributed by atoms with E-state index < -0.39 is 23.5 Å². The first kappa shape index (κ1) is 10.4. The predicted octanol–water partition coefficient (Wildman–Crippen LogP) is -0.0265. The molecule has 13 heavy (non-hydrogen) atoms. The standard InChI is InChI=1S/C8H14O5/c1-7(2)12-4-5(13-7)8(3,11)6(9)10/h5,11H,4H2,1-3H3,(H,9,10)/t5-,8+/m0/s1. The summed E-state index contributed by atoms with van der Waals surface area (Å²) in [7, 11) is 0. The van der Waals surface area contributed by atoms with Crippen LogP contribution in [0.25, 0.3) is 0 Å². The van der Waals surface area contributed by atoms with Crippen molar-refractivity contribution in [2.24, 2.45) is 0 Å². The van der Waals surface area contributed by atoms with Crippen LogP contribution in [0.4, 0.5) is 0 Å². The third-order valence-corrected chi connectivity index (χ3v) is 2.07. The first-order valence-electron chi connectivity index (χ1n) is 4.03. The fourth-order valence-corrected chi connectivity index (χ4v) is 1.10. The summed E-state index contributed by atoms with van der Waals surface area (Å²) in [6.45, 7) is 4.63. The lowest BCUT2D eigenvalue weighted by atomic mass is 10.0. The van der Waals surface area contributed by atoms with Crippen molar-refractivity contribution in [3.63, 3.8) is 0 Å². The summed E-state index contributed by atoms with van der Waals surface area (Å²) in [5.41, 5.74) is -1.90. The summed E-state index contributed by atoms with van der Waals surface area (Å²) >= 11 is 0. The van der Waals surface area contributed by atoms with E-state index in [1.807, 2.05) is 0 Å². The number of carboxylic acids is 1. The fraction of sp³-hybridized carbons (Fsp3) is 0.875. The second kappa shape index (κ2) is 2.94. The quantitative estimate of drug-likeness (QED) is 0.639. The average molecular weight is 190 g/mol. The second-order valence-electron chi connectivity index (χ2n) is 3.77. The third-order valence-electron chi connectivity index (χ3n) is 2.07. The molecule has 1 saturated heterocycles. The van der Waals surface area contributed by atoms with Crippen LogP contribution in [0.5, 0.6) is 0 Å². The first-order valence-corrected chi connectivity index (χ1v) is 4.03. The van der Waals surface area contributed by atoms with E-state index in [4.69, 9.17) is 14.6 Å². The molecule has 0 amide bonds. The van der Waals surface area contributed by atoms with Gasteiger partial charge in [0.15, 0.2) is 11.4 Å². The van der Waals surface area contributed by atoms with E-state index in [1.165, 1.54) is 6.92 Å². The summed E-state index contributed by atoms with van der Waals surface area (Å²) in [6, 6.07) is 0. The molecule has 0 unspecified atom stereocenters. The molecule has 0 aliphatic carbocycles. The molecule has 1 heterocycles. The molecule has 1 aliphatic rings. The van der Waals surface area contributed by atoms with Gasteiger partial charge in [0.05, 0.1) is 6.61 Å². The smallest absolute Gasteiger partial charge is 0.338 e. The van der Waals surface area contributed by atoms with Crippen molar-refractivity contribution in [3.8, 4) is 0 Å². The third kappa shape index (κ3) is 1.99. The molecule has 1 aliphatic heterocycles. The monoisotopic (exact) mass is 190 g/mol. The van der Waals surface area contributed by atoms with Gasteiger partial charge in [-0.05, 0) is 20.8 Å². The van der Waals surface area contributed by atoms with E-state index in [0.717, 1.165) is 0 Å². The maximum absolute atomic E-state index is 10.6. The van der Waals surface area contributed by atoms with Gasteiger partial charge < -0.3 is 19.7 Å². The molecule has 5 heteroatoms. The Kier molecular flexibility index (Phi) is 2.36. The van der Waals surface area contributed by atoms with E-state index in [1.54, 1.807) is 13.8 Å². The highest BCUT2D eigenvalue weighted by Gasteiger charge is 2.47. The first-order chi connectivity index (χ1) is 5.76. The van der Waals surface area contributed by atoms with E-state index in [-0.39, 0.29) is 6.61 Å². The Morgan fingerprint density at radius 2 is 2.15 bits per heavy atom. The van der Waals surface area contributed by atoms with Crippen molar-refractivity contribution < 1.29 is 24.5 Å². The Balaban J connectivity index is 2.71. The summed E-state index contributed by atoms with van der Waals surface area (Å²) in [6.07, 6.45) is -0.819. The van der Waals surface area contributed by atoms with Gasteiger partial charge in [-0.1, -0.05) is 0 Å². The molecule has 0 spiro atoms. The van der Waals surface area contributed by atoms with Crippen molar-refractivity contribution in [3.05, 3.63) is 0 Å². The summed E-state index contributed by atoms with van der Waals surface area (Å²) in [4.78, 5) is 10.6. The molecule has 76 valence electrons. The Hall–Kier alpha value is -0.650. The van der Waals surface area contributed by atoms with Gasteiger partial charge in [0.25, 0.3) is 0 Å². The maximum atomic E-state index is 10.6. The summed E-state index contributed by atoms with van der Waals surface area (Å²) < 4.78 is 10.4. The molecule has 0 aromatic rings. The van der Waals surface area contributed by atoms with Crippen molar-refractivity contribution in [1.82, 2.24) is 0 Å². The summed E-state index contributed by atoms with van der Waals surface area (Å²) in [5.74, 6) is -2.12. The van der Waals surface area contributed by atoms with Crippen molar-refractivity contribution in [2.45, 2.75) is 38.3 Å². The van der Waals surface area contributed by atoms with Crippen LogP contribution < -0.4 is 0 Å². The van der Waals surface area contributed by atoms with E-state index in [0.29, 0.717) is 0 Å². The van der Waals surface area contributed by atoms with Crippen LogP contribution in [0.15, 0.2) is 0 Å². The van der Waals surface area contributed by atoms with Crippen LogP contribution in [0.1, 0.15) is 20.8 Å². The fourth-order valence-electron chi connectivity index (χ4n) is 1.10. The number of aliphatic hydroxyl groups is 1. The van der Waals surface area contributed by atoms with E-state index in [9.17, 15) is 9.90 Å². The maximum Gasteiger partial charge on any atom is 0.338 e. The van der Waals surface area contributed by atoms with E-state index >= 15 is 0 Å². The molecular formula is C8H14O5. The van der Waals surface area contributed by atoms with Crippen LogP contribution in [0, 0.1) is 0 Å². The number of ether oxygens (including phenoxy) is 2. The number of hydrogen-bond acceptors (Lipinski definition) is 4. The average Bonchev–Trinajstić information content (AvgIpc) is 2.30. The SMILES string of the molecule is CC1(C)OC[C@@H]([C@@](C)(O)C(=O)O)O1. The number of carboxylic acid groups (broad SMARTS) is 1. The topological polar surface area (TPSA) is 76.0 Å². The summed E-state index contributed by atoms with van der Waals surface area (Å²) in [5, 5.41) is 18.2. The number of aliphatic carboxylic acids is 1. The molecular weight excluding hydrogens is 176 g/mol. The number of rotatable bonds is 2. The van der Waals surface area contributed by atoms with Gasteiger partial charge >= 0.3 is 5.97 Å². The zero-order valence-corrected chi connectivity index (χ0v) is 7.90. The predicted molar refractivity (Wildman–Crippen MR) is 43.2 cm³/mol. The highest BCUT2D eigenvalue weighted by atomic mass is 16.7. The van der Waals surface area contributed by atoms with Crippen molar-refractivity contribution in [1.29, 1.82) is 0 Å². The van der Waals surface area contributed by atoms with Crippen LogP contribution in [0.2, 0.25) is 0 Å². The van der Waals surface area contributed by atoms with Crippen LogP contribution >= 0.6 is 0 Å². The highest BCUT2D eigenvalue weighted by Crippen LogP contribution is 2.28. The molecule has 0 aromatic carbocycles. The molecule has 0 saturated carbocycles. The lowest BCUT2D eigenvalue weighted by Crippen LogP contribution is -2.48. The highest BCUT2D eigenvalue weighted by molar-refractivity contribution is 5.77. The van der Waals surface area contributed by atoms with Crippen molar-refractivity contribution >= 4 is 5.97 Å². The molecule has 1 fully saturated rings. The largest absolute Gasteiger partial charge is 0.479 e. The Morgan fingerprint density at radius 3 is 2.46 bits per heavy atom. The molecule has 2 N–H and O–H groups in total. The number of hydrogen-bond donors (Lipinski definition) is 2. The second-order valence-corrected chi connectivity index (χ2v) is 3.77. The van der Waals surface area contributed by atoms with Gasteiger partial charge in [-0.2, -0.15) is 0 Å². The lowest BCUT2D eigenvalue weighted by molar-refractivity contribution is -0.186.